The maximum Gasteiger partial charge on any atom is 0.173 e. The van der Waals surface area contributed by atoms with E-state index in [-0.39, 0.29) is 20.1 Å². The second-order valence-corrected chi connectivity index (χ2v) is 5.53. The predicted molar refractivity (Wildman–Crippen MR) is 74.2 cm³/mol. The summed E-state index contributed by atoms with van der Waals surface area (Å²) in [6, 6.07) is 6.04. The molecule has 100 valence electrons. The fraction of sp³-hybridized carbons (Fsp3) is 0.0769. The minimum atomic E-state index is -1.04. The molecule has 2 N–H and O–H groups in total. The fourth-order valence-corrected chi connectivity index (χ4v) is 2.66. The summed E-state index contributed by atoms with van der Waals surface area (Å²) >= 11 is 6.00. The van der Waals surface area contributed by atoms with Gasteiger partial charge in [-0.05, 0) is 49.6 Å². The first-order chi connectivity index (χ1) is 8.93. The summed E-state index contributed by atoms with van der Waals surface area (Å²) < 4.78 is 40.6. The highest BCUT2D eigenvalue weighted by Gasteiger charge is 2.20. The fourth-order valence-electron chi connectivity index (χ4n) is 1.71. The molecule has 6 heteroatoms. The van der Waals surface area contributed by atoms with Crippen molar-refractivity contribution in [3.63, 3.8) is 0 Å². The van der Waals surface area contributed by atoms with Gasteiger partial charge in [0.05, 0.1) is 15.0 Å². The molecule has 2 aromatic carbocycles. The van der Waals surface area contributed by atoms with Crippen LogP contribution in [0.4, 0.5) is 13.2 Å². The second-order valence-electron chi connectivity index (χ2n) is 3.89. The molecular formula is C13H8Br2F3N. The minimum absolute atomic E-state index is 0.0978. The van der Waals surface area contributed by atoms with E-state index in [1.54, 1.807) is 6.07 Å². The van der Waals surface area contributed by atoms with Crippen molar-refractivity contribution in [2.75, 3.05) is 0 Å². The SMILES string of the molecule is NC(c1cccc(Br)c1F)c1ccc(F)c(F)c1Br. The van der Waals surface area contributed by atoms with Crippen LogP contribution in [-0.4, -0.2) is 0 Å². The minimum Gasteiger partial charge on any atom is -0.320 e. The Hall–Kier alpha value is -0.850. The Morgan fingerprint density at radius 1 is 0.895 bits per heavy atom. The molecule has 0 aromatic heterocycles. The summed E-state index contributed by atoms with van der Waals surface area (Å²) in [5, 5.41) is 0. The molecule has 1 unspecified atom stereocenters. The number of benzene rings is 2. The normalized spacial score (nSPS) is 12.5. The summed E-state index contributed by atoms with van der Waals surface area (Å²) in [5.41, 5.74) is 6.40. The lowest BCUT2D eigenvalue weighted by Gasteiger charge is -2.16. The van der Waals surface area contributed by atoms with Crippen molar-refractivity contribution in [3.05, 3.63) is 67.9 Å². The van der Waals surface area contributed by atoms with Crippen LogP contribution < -0.4 is 5.73 Å². The standard InChI is InChI=1S/C13H8Br2F3N/c14-8-3-1-2-7(11(8)17)13(19)6-4-5-9(16)12(18)10(6)15/h1-5,13H,19H2. The van der Waals surface area contributed by atoms with Crippen LogP contribution in [0.15, 0.2) is 39.3 Å². The summed E-state index contributed by atoms with van der Waals surface area (Å²) in [7, 11) is 0. The van der Waals surface area contributed by atoms with Crippen molar-refractivity contribution >= 4 is 31.9 Å². The second kappa shape index (κ2) is 5.64. The molecular weight excluding hydrogens is 387 g/mol. The van der Waals surface area contributed by atoms with Crippen molar-refractivity contribution in [1.29, 1.82) is 0 Å². The molecule has 1 nitrogen and oxygen atoms in total. The van der Waals surface area contributed by atoms with Crippen molar-refractivity contribution < 1.29 is 13.2 Å². The average molecular weight is 395 g/mol. The molecule has 0 spiro atoms. The molecule has 0 saturated carbocycles. The van der Waals surface area contributed by atoms with Gasteiger partial charge in [-0.25, -0.2) is 13.2 Å². The molecule has 2 aromatic rings. The Labute approximate surface area is 124 Å². The van der Waals surface area contributed by atoms with Crippen molar-refractivity contribution in [2.24, 2.45) is 5.73 Å². The number of hydrogen-bond donors (Lipinski definition) is 1. The number of halogens is 5. The molecule has 0 heterocycles. The molecule has 1 atom stereocenters. The highest BCUT2D eigenvalue weighted by molar-refractivity contribution is 9.10. The van der Waals surface area contributed by atoms with Gasteiger partial charge in [-0.15, -0.1) is 0 Å². The van der Waals surface area contributed by atoms with Crippen LogP contribution in [0.3, 0.4) is 0 Å². The largest absolute Gasteiger partial charge is 0.320 e. The molecule has 0 aliphatic carbocycles. The van der Waals surface area contributed by atoms with Crippen molar-refractivity contribution in [1.82, 2.24) is 0 Å². The van der Waals surface area contributed by atoms with Gasteiger partial charge < -0.3 is 5.73 Å². The quantitative estimate of drug-likeness (QED) is 0.735. The molecule has 19 heavy (non-hydrogen) atoms. The monoisotopic (exact) mass is 393 g/mol. The summed E-state index contributed by atoms with van der Waals surface area (Å²) in [6.07, 6.45) is 0. The van der Waals surface area contributed by atoms with Crippen LogP contribution in [0, 0.1) is 17.5 Å². The Morgan fingerprint density at radius 2 is 1.58 bits per heavy atom. The summed E-state index contributed by atoms with van der Waals surface area (Å²) in [5.74, 6) is -2.55. The zero-order chi connectivity index (χ0) is 14.2. The topological polar surface area (TPSA) is 26.0 Å². The number of nitrogens with two attached hydrogens (primary N) is 1. The van der Waals surface area contributed by atoms with Crippen LogP contribution in [0.25, 0.3) is 0 Å². The molecule has 0 saturated heterocycles. The Morgan fingerprint density at radius 3 is 2.26 bits per heavy atom. The first-order valence-corrected chi connectivity index (χ1v) is 6.85. The highest BCUT2D eigenvalue weighted by Crippen LogP contribution is 2.32. The number of hydrogen-bond acceptors (Lipinski definition) is 1. The maximum atomic E-state index is 13.9. The van der Waals surface area contributed by atoms with Gasteiger partial charge in [0.1, 0.15) is 5.82 Å². The molecule has 2 rings (SSSR count). The molecule has 0 bridgehead atoms. The van der Waals surface area contributed by atoms with E-state index in [2.05, 4.69) is 31.9 Å². The molecule has 0 aliphatic rings. The predicted octanol–water partition coefficient (Wildman–Crippen LogP) is 4.68. The van der Waals surface area contributed by atoms with E-state index in [4.69, 9.17) is 5.73 Å². The molecule has 0 fully saturated rings. The van der Waals surface area contributed by atoms with Gasteiger partial charge in [-0.2, -0.15) is 0 Å². The third-order valence-corrected chi connectivity index (χ3v) is 4.14. The maximum absolute atomic E-state index is 13.9. The van der Waals surface area contributed by atoms with Gasteiger partial charge >= 0.3 is 0 Å². The molecule has 0 aliphatic heterocycles. The van der Waals surface area contributed by atoms with Gasteiger partial charge in [0.15, 0.2) is 11.6 Å². The third kappa shape index (κ3) is 2.70. The van der Waals surface area contributed by atoms with Crippen LogP contribution in [0.5, 0.6) is 0 Å². The van der Waals surface area contributed by atoms with Crippen molar-refractivity contribution in [3.8, 4) is 0 Å². The molecule has 0 radical (unpaired) electrons. The number of rotatable bonds is 2. The van der Waals surface area contributed by atoms with Gasteiger partial charge in [0.25, 0.3) is 0 Å². The van der Waals surface area contributed by atoms with Gasteiger partial charge in [0, 0.05) is 5.56 Å². The van der Waals surface area contributed by atoms with Crippen LogP contribution in [0.1, 0.15) is 17.2 Å². The summed E-state index contributed by atoms with van der Waals surface area (Å²) in [6.45, 7) is 0. The van der Waals surface area contributed by atoms with Gasteiger partial charge in [0.2, 0.25) is 0 Å². The molecule has 0 amide bonds. The highest BCUT2D eigenvalue weighted by atomic mass is 79.9. The van der Waals surface area contributed by atoms with E-state index < -0.39 is 23.5 Å². The van der Waals surface area contributed by atoms with E-state index in [0.717, 1.165) is 6.07 Å². The smallest absolute Gasteiger partial charge is 0.173 e. The first-order valence-electron chi connectivity index (χ1n) is 5.26. The lowest BCUT2D eigenvalue weighted by atomic mass is 9.99. The van der Waals surface area contributed by atoms with E-state index >= 15 is 0 Å². The zero-order valence-corrected chi connectivity index (χ0v) is 12.6. The Balaban J connectivity index is 2.53. The van der Waals surface area contributed by atoms with E-state index in [1.165, 1.54) is 18.2 Å². The van der Waals surface area contributed by atoms with Crippen LogP contribution in [-0.2, 0) is 0 Å². The first kappa shape index (κ1) is 14.6. The van der Waals surface area contributed by atoms with Crippen LogP contribution >= 0.6 is 31.9 Å². The van der Waals surface area contributed by atoms with Crippen LogP contribution in [0.2, 0.25) is 0 Å². The Kier molecular flexibility index (Phi) is 4.32. The Bertz CT molecular complexity index is 632. The van der Waals surface area contributed by atoms with Crippen molar-refractivity contribution in [2.45, 2.75) is 6.04 Å². The van der Waals surface area contributed by atoms with Gasteiger partial charge in [-0.3, -0.25) is 0 Å². The van der Waals surface area contributed by atoms with E-state index in [1.807, 2.05) is 0 Å². The average Bonchev–Trinajstić information content (AvgIpc) is 2.39. The third-order valence-electron chi connectivity index (χ3n) is 2.72. The lowest BCUT2D eigenvalue weighted by molar-refractivity contribution is 0.501. The van der Waals surface area contributed by atoms with E-state index in [9.17, 15) is 13.2 Å². The summed E-state index contributed by atoms with van der Waals surface area (Å²) in [4.78, 5) is 0. The lowest BCUT2D eigenvalue weighted by Crippen LogP contribution is -2.15. The van der Waals surface area contributed by atoms with Gasteiger partial charge in [-0.1, -0.05) is 18.2 Å². The zero-order valence-electron chi connectivity index (χ0n) is 9.43. The van der Waals surface area contributed by atoms with E-state index in [0.29, 0.717) is 0 Å².